The van der Waals surface area contributed by atoms with Crippen molar-refractivity contribution in [3.63, 3.8) is 0 Å². The highest BCUT2D eigenvalue weighted by molar-refractivity contribution is 5.95. The number of likely N-dealkylation sites (N-methyl/N-ethyl adjacent to an activating group) is 1. The number of nitrogens with zero attached hydrogens (tertiary/aromatic N) is 2. The van der Waals surface area contributed by atoms with E-state index in [9.17, 15) is 14.4 Å². The molecule has 1 saturated heterocycles. The van der Waals surface area contributed by atoms with Crippen molar-refractivity contribution in [2.75, 3.05) is 32.0 Å². The molecule has 0 saturated carbocycles. The summed E-state index contributed by atoms with van der Waals surface area (Å²) < 4.78 is 0. The molecular weight excluding hydrogens is 306 g/mol. The molecule has 128 valence electrons. The average molecular weight is 329 g/mol. The molecule has 3 rings (SSSR count). The second-order valence-corrected chi connectivity index (χ2v) is 6.54. The first-order valence-corrected chi connectivity index (χ1v) is 8.45. The fourth-order valence-corrected chi connectivity index (χ4v) is 3.39. The molecule has 1 fully saturated rings. The molecule has 1 N–H and O–H groups in total. The summed E-state index contributed by atoms with van der Waals surface area (Å²) in [5.41, 5.74) is 1.82. The fraction of sp³-hybridized carbons (Fsp3) is 0.500. The van der Waals surface area contributed by atoms with Crippen LogP contribution in [-0.4, -0.2) is 54.2 Å². The number of carbonyl (C=O) groups is 3. The van der Waals surface area contributed by atoms with Crippen LogP contribution in [0.5, 0.6) is 0 Å². The summed E-state index contributed by atoms with van der Waals surface area (Å²) in [4.78, 5) is 39.5. The van der Waals surface area contributed by atoms with E-state index in [0.29, 0.717) is 32.4 Å². The Hall–Kier alpha value is -2.37. The highest BCUT2D eigenvalue weighted by Gasteiger charge is 2.28. The van der Waals surface area contributed by atoms with Crippen molar-refractivity contribution in [1.29, 1.82) is 0 Å². The predicted octanol–water partition coefficient (Wildman–Crippen LogP) is 1.58. The van der Waals surface area contributed by atoms with Gasteiger partial charge in [0.05, 0.1) is 0 Å². The second kappa shape index (κ2) is 7.03. The highest BCUT2D eigenvalue weighted by atomic mass is 16.2. The van der Waals surface area contributed by atoms with Crippen molar-refractivity contribution in [3.8, 4) is 0 Å². The molecule has 0 aromatic heterocycles. The second-order valence-electron chi connectivity index (χ2n) is 6.54. The third kappa shape index (κ3) is 3.58. The zero-order valence-corrected chi connectivity index (χ0v) is 14.0. The van der Waals surface area contributed by atoms with E-state index in [2.05, 4.69) is 5.32 Å². The molecular formula is C18H23N3O3. The monoisotopic (exact) mass is 329 g/mol. The van der Waals surface area contributed by atoms with E-state index in [-0.39, 0.29) is 23.6 Å². The van der Waals surface area contributed by atoms with E-state index in [1.165, 1.54) is 0 Å². The van der Waals surface area contributed by atoms with Gasteiger partial charge in [0.15, 0.2) is 0 Å². The van der Waals surface area contributed by atoms with Crippen LogP contribution in [-0.2, 0) is 14.4 Å². The molecule has 0 radical (unpaired) electrons. The maximum absolute atomic E-state index is 12.5. The number of anilines is 1. The smallest absolute Gasteiger partial charge is 0.225 e. The van der Waals surface area contributed by atoms with E-state index in [0.717, 1.165) is 24.2 Å². The summed E-state index contributed by atoms with van der Waals surface area (Å²) in [7, 11) is 1.76. The van der Waals surface area contributed by atoms with E-state index >= 15 is 0 Å². The first-order valence-electron chi connectivity index (χ1n) is 8.45. The number of hydrogen-bond acceptors (Lipinski definition) is 3. The molecule has 2 heterocycles. The van der Waals surface area contributed by atoms with Crippen LogP contribution in [0.4, 0.5) is 5.69 Å². The summed E-state index contributed by atoms with van der Waals surface area (Å²) in [6.45, 7) is 1.91. The normalized spacial score (nSPS) is 19.9. The number of hydrogen-bond donors (Lipinski definition) is 1. The number of para-hydroxylation sites is 1. The van der Waals surface area contributed by atoms with Crippen molar-refractivity contribution < 1.29 is 14.4 Å². The number of benzene rings is 1. The summed E-state index contributed by atoms with van der Waals surface area (Å²) in [6.07, 6.45) is 2.17. The molecule has 2 aliphatic heterocycles. The molecule has 3 amide bonds. The largest absolute Gasteiger partial charge is 0.344 e. The van der Waals surface area contributed by atoms with Crippen LogP contribution in [0.3, 0.4) is 0 Å². The molecule has 6 nitrogen and oxygen atoms in total. The Morgan fingerprint density at radius 1 is 1.33 bits per heavy atom. The van der Waals surface area contributed by atoms with Crippen molar-refractivity contribution in [2.24, 2.45) is 0 Å². The van der Waals surface area contributed by atoms with Gasteiger partial charge in [-0.1, -0.05) is 18.2 Å². The van der Waals surface area contributed by atoms with Crippen LogP contribution < -0.4 is 5.32 Å². The summed E-state index contributed by atoms with van der Waals surface area (Å²) in [6, 6.07) is 7.64. The van der Waals surface area contributed by atoms with Crippen LogP contribution in [0.1, 0.15) is 37.2 Å². The number of amides is 3. The van der Waals surface area contributed by atoms with Gasteiger partial charge in [-0.05, 0) is 18.1 Å². The van der Waals surface area contributed by atoms with Gasteiger partial charge < -0.3 is 15.1 Å². The van der Waals surface area contributed by atoms with Crippen LogP contribution >= 0.6 is 0 Å². The Morgan fingerprint density at radius 2 is 2.12 bits per heavy atom. The van der Waals surface area contributed by atoms with Gasteiger partial charge in [0.25, 0.3) is 0 Å². The zero-order chi connectivity index (χ0) is 17.1. The Bertz CT molecular complexity index is 659. The van der Waals surface area contributed by atoms with E-state index in [1.807, 2.05) is 29.2 Å². The van der Waals surface area contributed by atoms with Gasteiger partial charge in [0.1, 0.15) is 0 Å². The standard InChI is InChI=1S/C18H23N3O3/c1-20(9-10-21-8-4-7-17(21)23)18(24)12-13-11-16(22)19-15-6-3-2-5-14(13)15/h2-3,5-6,13H,4,7-12H2,1H3,(H,19,22). The van der Waals surface area contributed by atoms with Crippen LogP contribution in [0.25, 0.3) is 0 Å². The third-order valence-corrected chi connectivity index (χ3v) is 4.83. The van der Waals surface area contributed by atoms with Gasteiger partial charge in [-0.25, -0.2) is 0 Å². The van der Waals surface area contributed by atoms with E-state index in [1.54, 1.807) is 11.9 Å². The van der Waals surface area contributed by atoms with Gasteiger partial charge in [-0.2, -0.15) is 0 Å². The minimum absolute atomic E-state index is 0.0103. The zero-order valence-electron chi connectivity index (χ0n) is 14.0. The molecule has 1 aromatic rings. The van der Waals surface area contributed by atoms with Gasteiger partial charge in [-0.3, -0.25) is 14.4 Å². The third-order valence-electron chi connectivity index (χ3n) is 4.83. The molecule has 1 atom stereocenters. The minimum atomic E-state index is -0.0849. The van der Waals surface area contributed by atoms with Gasteiger partial charge >= 0.3 is 0 Å². The number of carbonyl (C=O) groups excluding carboxylic acids is 3. The summed E-state index contributed by atoms with van der Waals surface area (Å²) >= 11 is 0. The molecule has 1 aromatic carbocycles. The molecule has 1 unspecified atom stereocenters. The van der Waals surface area contributed by atoms with Crippen LogP contribution in [0.15, 0.2) is 24.3 Å². The van der Waals surface area contributed by atoms with Gasteiger partial charge in [0, 0.05) is 57.5 Å². The van der Waals surface area contributed by atoms with Crippen LogP contribution in [0.2, 0.25) is 0 Å². The SMILES string of the molecule is CN(CCN1CCCC1=O)C(=O)CC1CC(=O)Nc2ccccc21. The fourth-order valence-electron chi connectivity index (χ4n) is 3.39. The molecule has 0 spiro atoms. The lowest BCUT2D eigenvalue weighted by molar-refractivity contribution is -0.133. The summed E-state index contributed by atoms with van der Waals surface area (Å²) in [5, 5.41) is 2.85. The molecule has 2 aliphatic rings. The Kier molecular flexibility index (Phi) is 4.83. The first kappa shape index (κ1) is 16.5. The lowest BCUT2D eigenvalue weighted by Gasteiger charge is -2.27. The number of rotatable bonds is 5. The maximum Gasteiger partial charge on any atom is 0.225 e. The van der Waals surface area contributed by atoms with Gasteiger partial charge in [-0.15, -0.1) is 0 Å². The van der Waals surface area contributed by atoms with Crippen molar-refractivity contribution >= 4 is 23.4 Å². The highest BCUT2D eigenvalue weighted by Crippen LogP contribution is 2.34. The van der Waals surface area contributed by atoms with Crippen molar-refractivity contribution in [1.82, 2.24) is 9.80 Å². The maximum atomic E-state index is 12.5. The number of likely N-dealkylation sites (tertiary alicyclic amines) is 1. The number of nitrogens with one attached hydrogen (secondary N) is 1. The van der Waals surface area contributed by atoms with E-state index in [4.69, 9.17) is 0 Å². The molecule has 0 bridgehead atoms. The minimum Gasteiger partial charge on any atom is -0.344 e. The van der Waals surface area contributed by atoms with Crippen molar-refractivity contribution in [2.45, 2.75) is 31.6 Å². The lowest BCUT2D eigenvalue weighted by atomic mass is 9.87. The van der Waals surface area contributed by atoms with Gasteiger partial charge in [0.2, 0.25) is 17.7 Å². The lowest BCUT2D eigenvalue weighted by Crippen LogP contribution is -2.37. The Balaban J connectivity index is 1.58. The quantitative estimate of drug-likeness (QED) is 0.892. The molecule has 0 aliphatic carbocycles. The Labute approximate surface area is 141 Å². The van der Waals surface area contributed by atoms with Crippen molar-refractivity contribution in [3.05, 3.63) is 29.8 Å². The average Bonchev–Trinajstić information content (AvgIpc) is 2.97. The predicted molar refractivity (Wildman–Crippen MR) is 90.5 cm³/mol. The topological polar surface area (TPSA) is 69.7 Å². The van der Waals surface area contributed by atoms with E-state index < -0.39 is 0 Å². The first-order chi connectivity index (χ1) is 11.5. The summed E-state index contributed by atoms with van der Waals surface area (Å²) in [5.74, 6) is 0.0556. The van der Waals surface area contributed by atoms with Crippen LogP contribution in [0, 0.1) is 0 Å². The molecule has 24 heavy (non-hydrogen) atoms. The molecule has 6 heteroatoms. The number of fused-ring (bicyclic) bond motifs is 1. The Morgan fingerprint density at radius 3 is 2.88 bits per heavy atom.